The number of aliphatic hydroxyl groups excluding tert-OH is 7. The number of aliphatic hydroxyl groups is 7. The Morgan fingerprint density at radius 1 is 0.486 bits per heavy atom. The second-order valence-electron chi connectivity index (χ2n) is 21.1. The number of nitrogens with one attached hydrogen (secondary N) is 1. The predicted octanol–water partition coefficient (Wildman–Crippen LogP) is 12.5. The van der Waals surface area contributed by atoms with E-state index in [1.54, 1.807) is 0 Å². The molecule has 0 spiro atoms. The topological polar surface area (TPSA) is 189 Å². The fraction of sp³-hybridized carbons (Fsp3) is 0.915. The SMILES string of the molecule is CCCCCCCCCCC/C=C\CCCCCCC(O)C(=O)NC(COC1OC(CO)C(O)C(O)C1O)C(O)C(O)CCC/C=C/CCCCCCCCCCCCCCCCCCCCCCC. The number of carbonyl (C=O) groups is 1. The van der Waals surface area contributed by atoms with E-state index in [-0.39, 0.29) is 12.8 Å². The first-order valence-corrected chi connectivity index (χ1v) is 29.7. The van der Waals surface area contributed by atoms with Crippen molar-refractivity contribution < 1.29 is 50.0 Å². The first-order chi connectivity index (χ1) is 34.2. The molecule has 1 amide bonds. The number of rotatable bonds is 51. The van der Waals surface area contributed by atoms with Gasteiger partial charge in [0.2, 0.25) is 5.91 Å². The van der Waals surface area contributed by atoms with Gasteiger partial charge in [0.1, 0.15) is 36.6 Å². The van der Waals surface area contributed by atoms with Gasteiger partial charge in [-0.05, 0) is 64.2 Å². The Bertz CT molecular complexity index is 1190. The van der Waals surface area contributed by atoms with E-state index >= 15 is 0 Å². The quantitative estimate of drug-likeness (QED) is 0.0215. The van der Waals surface area contributed by atoms with Gasteiger partial charge >= 0.3 is 0 Å². The monoisotopic (exact) mass is 996 g/mol. The molecule has 70 heavy (non-hydrogen) atoms. The predicted molar refractivity (Wildman–Crippen MR) is 289 cm³/mol. The third-order valence-electron chi connectivity index (χ3n) is 14.5. The number of ether oxygens (including phenoxy) is 2. The van der Waals surface area contributed by atoms with Crippen molar-refractivity contribution >= 4 is 5.91 Å². The van der Waals surface area contributed by atoms with Gasteiger partial charge in [-0.3, -0.25) is 4.79 Å². The van der Waals surface area contributed by atoms with Crippen molar-refractivity contribution in [1.82, 2.24) is 5.32 Å². The molecule has 11 nitrogen and oxygen atoms in total. The van der Waals surface area contributed by atoms with Gasteiger partial charge in [0, 0.05) is 0 Å². The fourth-order valence-corrected chi connectivity index (χ4v) is 9.61. The first-order valence-electron chi connectivity index (χ1n) is 29.7. The zero-order valence-corrected chi connectivity index (χ0v) is 45.3. The lowest BCUT2D eigenvalue weighted by Crippen LogP contribution is -2.60. The molecule has 0 bridgehead atoms. The summed E-state index contributed by atoms with van der Waals surface area (Å²) in [5, 5.41) is 76.1. The molecular formula is C59H113NO10. The van der Waals surface area contributed by atoms with E-state index in [4.69, 9.17) is 9.47 Å². The average molecular weight is 997 g/mol. The molecule has 1 aliphatic heterocycles. The van der Waals surface area contributed by atoms with Crippen LogP contribution in [0.4, 0.5) is 0 Å². The van der Waals surface area contributed by atoms with Crippen LogP contribution in [0.1, 0.15) is 277 Å². The lowest BCUT2D eigenvalue weighted by molar-refractivity contribution is -0.303. The largest absolute Gasteiger partial charge is 0.394 e. The highest BCUT2D eigenvalue weighted by Crippen LogP contribution is 2.23. The molecule has 1 aliphatic rings. The Kier molecular flexibility index (Phi) is 46.2. The molecule has 0 aromatic rings. The van der Waals surface area contributed by atoms with E-state index in [1.165, 1.54) is 186 Å². The summed E-state index contributed by atoms with van der Waals surface area (Å²) in [6.07, 6.45) is 46.7. The van der Waals surface area contributed by atoms with Crippen LogP contribution in [-0.4, -0.2) is 110 Å². The van der Waals surface area contributed by atoms with Crippen molar-refractivity contribution in [2.45, 2.75) is 332 Å². The summed E-state index contributed by atoms with van der Waals surface area (Å²) in [6.45, 7) is 3.46. The molecule has 0 radical (unpaired) electrons. The van der Waals surface area contributed by atoms with E-state index < -0.39 is 74.2 Å². The van der Waals surface area contributed by atoms with Crippen LogP contribution in [0.3, 0.4) is 0 Å². The van der Waals surface area contributed by atoms with Gasteiger partial charge in [-0.2, -0.15) is 0 Å². The highest BCUT2D eigenvalue weighted by atomic mass is 16.7. The maximum absolute atomic E-state index is 13.2. The zero-order valence-electron chi connectivity index (χ0n) is 45.3. The Hall–Kier alpha value is -1.41. The molecule has 414 valence electrons. The normalized spacial score (nSPS) is 20.4. The number of amides is 1. The maximum atomic E-state index is 13.2. The summed E-state index contributed by atoms with van der Waals surface area (Å²) in [7, 11) is 0. The summed E-state index contributed by atoms with van der Waals surface area (Å²) in [6, 6.07) is -1.19. The number of allylic oxidation sites excluding steroid dienone is 4. The Morgan fingerprint density at radius 2 is 0.843 bits per heavy atom. The minimum absolute atomic E-state index is 0.241. The van der Waals surface area contributed by atoms with Crippen molar-refractivity contribution in [3.63, 3.8) is 0 Å². The Labute approximate surface area is 429 Å². The summed E-state index contributed by atoms with van der Waals surface area (Å²) in [4.78, 5) is 13.2. The number of hydrogen-bond donors (Lipinski definition) is 8. The second-order valence-corrected chi connectivity index (χ2v) is 21.1. The van der Waals surface area contributed by atoms with Gasteiger partial charge in [-0.1, -0.05) is 237 Å². The molecule has 9 unspecified atom stereocenters. The zero-order chi connectivity index (χ0) is 51.1. The van der Waals surface area contributed by atoms with Crippen LogP contribution in [0.2, 0.25) is 0 Å². The standard InChI is InChI=1S/C59H113NO10/c1-3-5-7-9-11-13-15-17-19-21-22-23-24-25-26-27-28-29-31-32-34-36-38-40-42-44-46-51(62)54(64)50(49-69-59-57(67)56(66)55(65)53(48-61)70-59)60-58(68)52(63)47-45-43-41-39-37-35-33-30-20-18-16-14-12-10-8-6-4-2/h33,35,38,40,50-57,59,61-67H,3-32,34,36-37,39,41-49H2,1-2H3,(H,60,68)/b35-33-,40-38+. The molecule has 1 saturated heterocycles. The average Bonchev–Trinajstić information content (AvgIpc) is 3.36. The lowest BCUT2D eigenvalue weighted by atomic mass is 9.98. The van der Waals surface area contributed by atoms with Crippen molar-refractivity contribution in [2.24, 2.45) is 0 Å². The number of carbonyl (C=O) groups excluding carboxylic acids is 1. The number of hydrogen-bond acceptors (Lipinski definition) is 10. The van der Waals surface area contributed by atoms with Crippen molar-refractivity contribution in [3.8, 4) is 0 Å². The summed E-state index contributed by atoms with van der Waals surface area (Å²) in [5.74, 6) is -0.712. The van der Waals surface area contributed by atoms with Crippen molar-refractivity contribution in [1.29, 1.82) is 0 Å². The molecule has 8 N–H and O–H groups in total. The van der Waals surface area contributed by atoms with Crippen LogP contribution in [0.25, 0.3) is 0 Å². The molecule has 9 atom stereocenters. The van der Waals surface area contributed by atoms with Gasteiger partial charge in [0.15, 0.2) is 6.29 Å². The van der Waals surface area contributed by atoms with Crippen LogP contribution >= 0.6 is 0 Å². The summed E-state index contributed by atoms with van der Waals surface area (Å²) < 4.78 is 11.1. The molecule has 0 aromatic carbocycles. The smallest absolute Gasteiger partial charge is 0.249 e. The van der Waals surface area contributed by atoms with E-state index in [1.807, 2.05) is 0 Å². The van der Waals surface area contributed by atoms with Gasteiger partial charge in [0.05, 0.1) is 25.4 Å². The van der Waals surface area contributed by atoms with Crippen LogP contribution in [0.5, 0.6) is 0 Å². The third kappa shape index (κ3) is 36.5. The van der Waals surface area contributed by atoms with Gasteiger partial charge in [0.25, 0.3) is 0 Å². The molecule has 0 aromatic heterocycles. The third-order valence-corrected chi connectivity index (χ3v) is 14.5. The molecular weight excluding hydrogens is 883 g/mol. The molecule has 0 aliphatic carbocycles. The van der Waals surface area contributed by atoms with Crippen LogP contribution in [0.15, 0.2) is 24.3 Å². The van der Waals surface area contributed by atoms with Gasteiger partial charge in [-0.15, -0.1) is 0 Å². The maximum Gasteiger partial charge on any atom is 0.249 e. The van der Waals surface area contributed by atoms with Crippen LogP contribution < -0.4 is 5.32 Å². The minimum atomic E-state index is -1.67. The van der Waals surface area contributed by atoms with E-state index in [0.29, 0.717) is 12.8 Å². The molecule has 0 saturated carbocycles. The Morgan fingerprint density at radius 3 is 1.23 bits per heavy atom. The van der Waals surface area contributed by atoms with Crippen LogP contribution in [-0.2, 0) is 14.3 Å². The highest BCUT2D eigenvalue weighted by Gasteiger charge is 2.44. The highest BCUT2D eigenvalue weighted by molar-refractivity contribution is 5.80. The molecule has 1 rings (SSSR count). The molecule has 11 heteroatoms. The van der Waals surface area contributed by atoms with E-state index in [0.717, 1.165) is 51.4 Å². The van der Waals surface area contributed by atoms with Gasteiger partial charge < -0.3 is 50.5 Å². The molecule has 1 heterocycles. The molecule has 1 fully saturated rings. The minimum Gasteiger partial charge on any atom is -0.394 e. The van der Waals surface area contributed by atoms with Gasteiger partial charge in [-0.25, -0.2) is 0 Å². The van der Waals surface area contributed by atoms with E-state index in [2.05, 4.69) is 43.5 Å². The van der Waals surface area contributed by atoms with Crippen molar-refractivity contribution in [3.05, 3.63) is 24.3 Å². The summed E-state index contributed by atoms with van der Waals surface area (Å²) >= 11 is 0. The second kappa shape index (κ2) is 48.5. The fourth-order valence-electron chi connectivity index (χ4n) is 9.61. The summed E-state index contributed by atoms with van der Waals surface area (Å²) in [5.41, 5.74) is 0. The number of unbranched alkanes of at least 4 members (excludes halogenated alkanes) is 35. The Balaban J connectivity index is 2.31. The van der Waals surface area contributed by atoms with E-state index in [9.17, 15) is 40.5 Å². The lowest BCUT2D eigenvalue weighted by Gasteiger charge is -2.40. The van der Waals surface area contributed by atoms with Crippen molar-refractivity contribution in [2.75, 3.05) is 13.2 Å². The first kappa shape index (κ1) is 66.6. The van der Waals surface area contributed by atoms with Crippen LogP contribution in [0, 0.1) is 0 Å².